The van der Waals surface area contributed by atoms with Crippen molar-refractivity contribution in [3.8, 4) is 0 Å². The predicted octanol–water partition coefficient (Wildman–Crippen LogP) is 1.49. The van der Waals surface area contributed by atoms with Crippen molar-refractivity contribution >= 4 is 5.97 Å². The van der Waals surface area contributed by atoms with Gasteiger partial charge in [0, 0.05) is 0 Å². The quantitative estimate of drug-likeness (QED) is 0.659. The topological polar surface area (TPSA) is 46.5 Å². The summed E-state index contributed by atoms with van der Waals surface area (Å²) in [5.74, 6) is -0.336. The van der Waals surface area contributed by atoms with Gasteiger partial charge in [0.1, 0.15) is 5.60 Å². The number of aliphatic hydroxyl groups is 1. The molecule has 0 radical (unpaired) electrons. The maximum atomic E-state index is 11.0. The van der Waals surface area contributed by atoms with Crippen LogP contribution >= 0.6 is 0 Å². The third-order valence-electron chi connectivity index (χ3n) is 1.29. The molecule has 0 saturated heterocycles. The Morgan fingerprint density at radius 3 is 2.33 bits per heavy atom. The van der Waals surface area contributed by atoms with Gasteiger partial charge in [-0.3, -0.25) is 4.79 Å². The lowest BCUT2D eigenvalue weighted by atomic mass is 10.1. The Kier molecular flexibility index (Phi) is 4.24. The molecule has 3 heteroatoms. The number of esters is 1. The molecule has 0 aromatic rings. The maximum Gasteiger partial charge on any atom is 0.308 e. The van der Waals surface area contributed by atoms with Crippen LogP contribution in [0.3, 0.4) is 0 Å². The highest BCUT2D eigenvalue weighted by atomic mass is 16.6. The smallest absolute Gasteiger partial charge is 0.308 e. The molecule has 0 aliphatic heterocycles. The first kappa shape index (κ1) is 11.4. The van der Waals surface area contributed by atoms with Gasteiger partial charge in [-0.25, -0.2) is 0 Å². The molecule has 72 valence electrons. The fraction of sp³-hybridized carbons (Fsp3) is 0.889. The zero-order valence-corrected chi connectivity index (χ0v) is 8.26. The van der Waals surface area contributed by atoms with Crippen LogP contribution in [0.15, 0.2) is 0 Å². The average molecular weight is 174 g/mol. The Hall–Kier alpha value is -0.570. The Balaban J connectivity index is 3.75. The minimum absolute atomic E-state index is 0.0910. The number of carbonyl (C=O) groups is 1. The van der Waals surface area contributed by atoms with Crippen molar-refractivity contribution < 1.29 is 14.6 Å². The second-order valence-corrected chi connectivity index (χ2v) is 3.85. The van der Waals surface area contributed by atoms with Crippen LogP contribution in [0.2, 0.25) is 0 Å². The number of carbonyl (C=O) groups excluding carboxylic acids is 1. The highest BCUT2D eigenvalue weighted by Gasteiger charge is 2.18. The zero-order valence-electron chi connectivity index (χ0n) is 8.26. The Labute approximate surface area is 73.7 Å². The lowest BCUT2D eigenvalue weighted by Gasteiger charge is -2.20. The first-order valence-electron chi connectivity index (χ1n) is 4.25. The fourth-order valence-corrected chi connectivity index (χ4v) is 0.720. The van der Waals surface area contributed by atoms with Gasteiger partial charge >= 0.3 is 5.97 Å². The minimum Gasteiger partial charge on any atom is -0.460 e. The average Bonchev–Trinajstić information content (AvgIpc) is 1.82. The molecule has 0 bridgehead atoms. The molecule has 0 spiro atoms. The zero-order chi connectivity index (χ0) is 9.78. The first-order chi connectivity index (χ1) is 5.35. The van der Waals surface area contributed by atoms with E-state index in [1.165, 1.54) is 0 Å². The van der Waals surface area contributed by atoms with Gasteiger partial charge < -0.3 is 9.84 Å². The van der Waals surface area contributed by atoms with Crippen LogP contribution in [0.25, 0.3) is 0 Å². The highest BCUT2D eigenvalue weighted by Crippen LogP contribution is 2.09. The van der Waals surface area contributed by atoms with Crippen molar-refractivity contribution in [3.63, 3.8) is 0 Å². The molecular formula is C9H18O3. The lowest BCUT2D eigenvalue weighted by molar-refractivity contribution is -0.157. The maximum absolute atomic E-state index is 11.0. The van der Waals surface area contributed by atoms with Crippen LogP contribution in [0.5, 0.6) is 0 Å². The number of hydrogen-bond acceptors (Lipinski definition) is 3. The second kappa shape index (κ2) is 4.45. The molecule has 0 aromatic carbocycles. The van der Waals surface area contributed by atoms with Crippen LogP contribution in [0, 0.1) is 0 Å². The Morgan fingerprint density at radius 1 is 1.50 bits per heavy atom. The second-order valence-electron chi connectivity index (χ2n) is 3.85. The summed E-state index contributed by atoms with van der Waals surface area (Å²) < 4.78 is 5.01. The van der Waals surface area contributed by atoms with E-state index in [0.717, 1.165) is 0 Å². The van der Waals surface area contributed by atoms with E-state index in [0.29, 0.717) is 6.42 Å². The fourth-order valence-electron chi connectivity index (χ4n) is 0.720. The van der Waals surface area contributed by atoms with Crippen molar-refractivity contribution in [1.82, 2.24) is 0 Å². The van der Waals surface area contributed by atoms with E-state index in [-0.39, 0.29) is 12.4 Å². The van der Waals surface area contributed by atoms with Crippen LogP contribution < -0.4 is 0 Å². The number of ether oxygens (including phenoxy) is 1. The van der Waals surface area contributed by atoms with E-state index >= 15 is 0 Å². The van der Waals surface area contributed by atoms with Gasteiger partial charge in [0.25, 0.3) is 0 Å². The summed E-state index contributed by atoms with van der Waals surface area (Å²) in [6.45, 7) is 7.25. The number of hydrogen-bond donors (Lipinski definition) is 1. The van der Waals surface area contributed by atoms with Crippen molar-refractivity contribution in [2.45, 2.75) is 52.2 Å². The Bertz CT molecular complexity index is 146. The van der Waals surface area contributed by atoms with E-state index in [1.807, 2.05) is 27.7 Å². The summed E-state index contributed by atoms with van der Waals surface area (Å²) in [6, 6.07) is 0. The predicted molar refractivity (Wildman–Crippen MR) is 46.8 cm³/mol. The summed E-state index contributed by atoms with van der Waals surface area (Å²) in [4.78, 5) is 11.0. The molecule has 0 saturated carbocycles. The van der Waals surface area contributed by atoms with Crippen LogP contribution in [-0.4, -0.2) is 22.8 Å². The van der Waals surface area contributed by atoms with E-state index in [2.05, 4.69) is 0 Å². The van der Waals surface area contributed by atoms with Crippen LogP contribution in [-0.2, 0) is 9.53 Å². The largest absolute Gasteiger partial charge is 0.460 e. The molecule has 1 atom stereocenters. The molecule has 0 aliphatic carbocycles. The minimum atomic E-state index is -0.570. The number of aliphatic hydroxyl groups excluding tert-OH is 1. The van der Waals surface area contributed by atoms with Gasteiger partial charge in [-0.15, -0.1) is 0 Å². The molecule has 0 aliphatic rings. The van der Waals surface area contributed by atoms with Gasteiger partial charge in [0.15, 0.2) is 0 Å². The third-order valence-corrected chi connectivity index (χ3v) is 1.29. The normalized spacial score (nSPS) is 14.1. The third kappa shape index (κ3) is 6.16. The summed E-state index contributed by atoms with van der Waals surface area (Å²) in [6.07, 6.45) is 0.104. The molecule has 0 rings (SSSR count). The van der Waals surface area contributed by atoms with Gasteiger partial charge in [-0.05, 0) is 27.2 Å². The van der Waals surface area contributed by atoms with E-state index in [1.54, 1.807) is 0 Å². The highest BCUT2D eigenvalue weighted by molar-refractivity contribution is 5.70. The lowest BCUT2D eigenvalue weighted by Crippen LogP contribution is -2.26. The van der Waals surface area contributed by atoms with Crippen molar-refractivity contribution in [3.05, 3.63) is 0 Å². The molecule has 0 fully saturated rings. The SMILES string of the molecule is CCC(O)CC(=O)OC(C)(C)C. The van der Waals surface area contributed by atoms with Gasteiger partial charge in [0.2, 0.25) is 0 Å². The van der Waals surface area contributed by atoms with Crippen LogP contribution in [0.4, 0.5) is 0 Å². The van der Waals surface area contributed by atoms with E-state index < -0.39 is 11.7 Å². The summed E-state index contributed by atoms with van der Waals surface area (Å²) >= 11 is 0. The molecule has 1 N–H and O–H groups in total. The number of rotatable bonds is 3. The first-order valence-corrected chi connectivity index (χ1v) is 4.25. The van der Waals surface area contributed by atoms with E-state index in [9.17, 15) is 4.79 Å². The van der Waals surface area contributed by atoms with Crippen molar-refractivity contribution in [2.75, 3.05) is 0 Å². The van der Waals surface area contributed by atoms with Gasteiger partial charge in [0.05, 0.1) is 12.5 Å². The van der Waals surface area contributed by atoms with Gasteiger partial charge in [-0.1, -0.05) is 6.92 Å². The molecular weight excluding hydrogens is 156 g/mol. The summed E-state index contributed by atoms with van der Waals surface area (Å²) in [5.41, 5.74) is -0.454. The van der Waals surface area contributed by atoms with E-state index in [4.69, 9.17) is 9.84 Å². The molecule has 1 unspecified atom stereocenters. The standard InChI is InChI=1S/C9H18O3/c1-5-7(10)6-8(11)12-9(2,3)4/h7,10H,5-6H2,1-4H3. The summed E-state index contributed by atoms with van der Waals surface area (Å²) in [7, 11) is 0. The molecule has 0 heterocycles. The van der Waals surface area contributed by atoms with Gasteiger partial charge in [-0.2, -0.15) is 0 Å². The summed E-state index contributed by atoms with van der Waals surface area (Å²) in [5, 5.41) is 9.12. The van der Waals surface area contributed by atoms with Crippen molar-refractivity contribution in [1.29, 1.82) is 0 Å². The molecule has 0 aromatic heterocycles. The monoisotopic (exact) mass is 174 g/mol. The molecule has 0 amide bonds. The van der Waals surface area contributed by atoms with Crippen LogP contribution in [0.1, 0.15) is 40.5 Å². The molecule has 12 heavy (non-hydrogen) atoms. The van der Waals surface area contributed by atoms with Crippen molar-refractivity contribution in [2.24, 2.45) is 0 Å². The Morgan fingerprint density at radius 2 is 2.00 bits per heavy atom. The molecule has 3 nitrogen and oxygen atoms in total.